The van der Waals surface area contributed by atoms with Gasteiger partial charge in [0.05, 0.1) is 12.2 Å². The van der Waals surface area contributed by atoms with Crippen molar-refractivity contribution >= 4 is 5.91 Å². The van der Waals surface area contributed by atoms with Gasteiger partial charge in [-0.05, 0) is 42.7 Å². The Morgan fingerprint density at radius 3 is 2.80 bits per heavy atom. The second-order valence-electron chi connectivity index (χ2n) is 5.89. The Morgan fingerprint density at radius 1 is 1.16 bits per heavy atom. The van der Waals surface area contributed by atoms with Crippen molar-refractivity contribution in [1.29, 1.82) is 0 Å². The van der Waals surface area contributed by atoms with Crippen molar-refractivity contribution < 1.29 is 19.0 Å². The molecule has 5 nitrogen and oxygen atoms in total. The van der Waals surface area contributed by atoms with Gasteiger partial charge in [-0.2, -0.15) is 0 Å². The van der Waals surface area contributed by atoms with Crippen molar-refractivity contribution in [2.45, 2.75) is 26.2 Å². The number of carbonyl (C=O) groups is 1. The van der Waals surface area contributed by atoms with Crippen molar-refractivity contribution in [1.82, 2.24) is 5.32 Å². The lowest BCUT2D eigenvalue weighted by Gasteiger charge is -2.09. The van der Waals surface area contributed by atoms with Gasteiger partial charge in [-0.3, -0.25) is 4.79 Å². The van der Waals surface area contributed by atoms with Gasteiger partial charge in [0.25, 0.3) is 5.91 Å². The number of hydrogen-bond acceptors (Lipinski definition) is 4. The zero-order valence-corrected chi connectivity index (χ0v) is 14.4. The maximum Gasteiger partial charge on any atom is 0.255 e. The van der Waals surface area contributed by atoms with E-state index in [1.54, 1.807) is 18.2 Å². The number of hydrogen-bond donors (Lipinski definition) is 1. The zero-order chi connectivity index (χ0) is 17.5. The molecule has 1 aliphatic rings. The van der Waals surface area contributed by atoms with E-state index in [1.807, 2.05) is 24.3 Å². The lowest BCUT2D eigenvalue weighted by molar-refractivity contribution is 0.0949. The van der Waals surface area contributed by atoms with Gasteiger partial charge in [-0.25, -0.2) is 0 Å². The SMILES string of the molecule is CCCCOc1ccc(CCNC(=O)c2cccc3c2OCO3)cc1. The monoisotopic (exact) mass is 341 g/mol. The normalized spacial score (nSPS) is 12.0. The van der Waals surface area contributed by atoms with E-state index in [2.05, 4.69) is 12.2 Å². The molecule has 0 aromatic heterocycles. The first-order chi connectivity index (χ1) is 12.3. The third-order valence-corrected chi connectivity index (χ3v) is 4.03. The van der Waals surface area contributed by atoms with Crippen molar-refractivity contribution in [2.75, 3.05) is 19.9 Å². The standard InChI is InChI=1S/C20H23NO4/c1-2-3-13-23-16-9-7-15(8-10-16)11-12-21-20(22)17-5-4-6-18-19(17)25-14-24-18/h4-10H,2-3,11-14H2,1H3,(H,21,22). The van der Waals surface area contributed by atoms with Crippen molar-refractivity contribution in [3.63, 3.8) is 0 Å². The van der Waals surface area contributed by atoms with Gasteiger partial charge in [0.2, 0.25) is 6.79 Å². The number of nitrogens with one attached hydrogen (secondary N) is 1. The number of rotatable bonds is 8. The van der Waals surface area contributed by atoms with E-state index in [9.17, 15) is 4.79 Å². The molecular formula is C20H23NO4. The highest BCUT2D eigenvalue weighted by molar-refractivity contribution is 5.97. The quantitative estimate of drug-likeness (QED) is 0.746. The van der Waals surface area contributed by atoms with Crippen LogP contribution in [0.15, 0.2) is 42.5 Å². The molecule has 0 aliphatic carbocycles. The first-order valence-corrected chi connectivity index (χ1v) is 8.66. The van der Waals surface area contributed by atoms with Crippen molar-refractivity contribution in [3.05, 3.63) is 53.6 Å². The Kier molecular flexibility index (Phi) is 5.77. The summed E-state index contributed by atoms with van der Waals surface area (Å²) in [5.74, 6) is 1.87. The Balaban J connectivity index is 1.48. The van der Waals surface area contributed by atoms with Gasteiger partial charge in [-0.15, -0.1) is 0 Å². The molecule has 1 aliphatic heterocycles. The third kappa shape index (κ3) is 4.44. The molecule has 0 bridgehead atoms. The van der Waals surface area contributed by atoms with E-state index in [0.717, 1.165) is 37.2 Å². The van der Waals surface area contributed by atoms with Crippen LogP contribution in [0.1, 0.15) is 35.7 Å². The number of ether oxygens (including phenoxy) is 3. The molecule has 0 unspecified atom stereocenters. The molecule has 0 saturated carbocycles. The lowest BCUT2D eigenvalue weighted by Crippen LogP contribution is -2.26. The zero-order valence-electron chi connectivity index (χ0n) is 14.4. The number of amides is 1. The molecule has 1 amide bonds. The summed E-state index contributed by atoms with van der Waals surface area (Å²) in [6, 6.07) is 13.3. The van der Waals surface area contributed by atoms with E-state index in [4.69, 9.17) is 14.2 Å². The molecule has 25 heavy (non-hydrogen) atoms. The number of para-hydroxylation sites is 1. The maximum absolute atomic E-state index is 12.3. The van der Waals surface area contributed by atoms with Crippen LogP contribution < -0.4 is 19.5 Å². The summed E-state index contributed by atoms with van der Waals surface area (Å²) < 4.78 is 16.3. The molecule has 2 aromatic rings. The summed E-state index contributed by atoms with van der Waals surface area (Å²) in [4.78, 5) is 12.3. The van der Waals surface area contributed by atoms with Crippen LogP contribution in [0.2, 0.25) is 0 Å². The largest absolute Gasteiger partial charge is 0.494 e. The average molecular weight is 341 g/mol. The molecule has 132 valence electrons. The summed E-state index contributed by atoms with van der Waals surface area (Å²) in [5.41, 5.74) is 1.66. The maximum atomic E-state index is 12.3. The van der Waals surface area contributed by atoms with Crippen molar-refractivity contribution in [3.8, 4) is 17.2 Å². The Hall–Kier alpha value is -2.69. The Labute approximate surface area is 147 Å². The van der Waals surface area contributed by atoms with E-state index in [-0.39, 0.29) is 12.7 Å². The Bertz CT molecular complexity index is 712. The smallest absolute Gasteiger partial charge is 0.255 e. The Morgan fingerprint density at radius 2 is 2.00 bits per heavy atom. The molecule has 0 fully saturated rings. The topological polar surface area (TPSA) is 56.8 Å². The molecule has 0 spiro atoms. The van der Waals surface area contributed by atoms with Crippen LogP contribution in [0.5, 0.6) is 17.2 Å². The van der Waals surface area contributed by atoms with Gasteiger partial charge in [0.15, 0.2) is 11.5 Å². The van der Waals surface area contributed by atoms with Crippen LogP contribution in [0.25, 0.3) is 0 Å². The summed E-state index contributed by atoms with van der Waals surface area (Å²) in [6.45, 7) is 3.61. The van der Waals surface area contributed by atoms with Crippen molar-refractivity contribution in [2.24, 2.45) is 0 Å². The molecule has 0 saturated heterocycles. The second-order valence-corrected chi connectivity index (χ2v) is 5.89. The molecule has 2 aromatic carbocycles. The van der Waals surface area contributed by atoms with Gasteiger partial charge in [-0.1, -0.05) is 31.5 Å². The summed E-state index contributed by atoms with van der Waals surface area (Å²) in [7, 11) is 0. The first-order valence-electron chi connectivity index (χ1n) is 8.66. The molecule has 1 N–H and O–H groups in total. The molecule has 0 radical (unpaired) electrons. The molecule has 3 rings (SSSR count). The van der Waals surface area contributed by atoms with Crippen LogP contribution in [-0.4, -0.2) is 25.9 Å². The van der Waals surface area contributed by atoms with Gasteiger partial charge >= 0.3 is 0 Å². The summed E-state index contributed by atoms with van der Waals surface area (Å²) >= 11 is 0. The molecule has 0 atom stereocenters. The number of fused-ring (bicyclic) bond motifs is 1. The van der Waals surface area contributed by atoms with E-state index in [1.165, 1.54) is 0 Å². The van der Waals surface area contributed by atoms with Gasteiger partial charge in [0, 0.05) is 6.54 Å². The van der Waals surface area contributed by atoms with Crippen LogP contribution in [-0.2, 0) is 6.42 Å². The van der Waals surface area contributed by atoms with Gasteiger partial charge < -0.3 is 19.5 Å². The third-order valence-electron chi connectivity index (χ3n) is 4.03. The number of carbonyl (C=O) groups excluding carboxylic acids is 1. The predicted octanol–water partition coefficient (Wildman–Crippen LogP) is 3.57. The highest BCUT2D eigenvalue weighted by Crippen LogP contribution is 2.35. The predicted molar refractivity (Wildman–Crippen MR) is 95.4 cm³/mol. The molecular weight excluding hydrogens is 318 g/mol. The highest BCUT2D eigenvalue weighted by atomic mass is 16.7. The van der Waals surface area contributed by atoms with E-state index in [0.29, 0.717) is 23.6 Å². The van der Waals surface area contributed by atoms with Crippen LogP contribution in [0, 0.1) is 0 Å². The van der Waals surface area contributed by atoms with Crippen LogP contribution in [0.3, 0.4) is 0 Å². The molecule has 1 heterocycles. The van der Waals surface area contributed by atoms with Crippen LogP contribution >= 0.6 is 0 Å². The van der Waals surface area contributed by atoms with Crippen LogP contribution in [0.4, 0.5) is 0 Å². The van der Waals surface area contributed by atoms with E-state index < -0.39 is 0 Å². The fourth-order valence-corrected chi connectivity index (χ4v) is 2.61. The fraction of sp³-hybridized carbons (Fsp3) is 0.350. The minimum atomic E-state index is -0.151. The molecule has 5 heteroatoms. The highest BCUT2D eigenvalue weighted by Gasteiger charge is 2.21. The summed E-state index contributed by atoms with van der Waals surface area (Å²) in [5, 5.41) is 2.93. The number of unbranched alkanes of at least 4 members (excludes halogenated alkanes) is 1. The average Bonchev–Trinajstić information content (AvgIpc) is 3.12. The van der Waals surface area contributed by atoms with E-state index >= 15 is 0 Å². The summed E-state index contributed by atoms with van der Waals surface area (Å²) in [6.07, 6.45) is 2.94. The second kappa shape index (κ2) is 8.42. The van der Waals surface area contributed by atoms with Gasteiger partial charge in [0.1, 0.15) is 5.75 Å². The lowest BCUT2D eigenvalue weighted by atomic mass is 10.1. The minimum Gasteiger partial charge on any atom is -0.494 e. The fourth-order valence-electron chi connectivity index (χ4n) is 2.61. The minimum absolute atomic E-state index is 0.151. The number of benzene rings is 2. The first kappa shape index (κ1) is 17.1.